The molecule has 18 heavy (non-hydrogen) atoms. The Balaban J connectivity index is 2.38. The van der Waals surface area contributed by atoms with E-state index < -0.39 is 10.6 Å². The van der Waals surface area contributed by atoms with E-state index in [-0.39, 0.29) is 11.5 Å². The van der Waals surface area contributed by atoms with Crippen LogP contribution in [0.25, 0.3) is 0 Å². The maximum atomic E-state index is 10.8. The maximum absolute atomic E-state index is 10.8. The number of phenols is 1. The number of phenolic OH excluding ortho intramolecular Hbond substituents is 1. The zero-order valence-electron chi connectivity index (χ0n) is 9.96. The second kappa shape index (κ2) is 5.09. The van der Waals surface area contributed by atoms with Crippen molar-refractivity contribution >= 4 is 11.4 Å². The maximum Gasteiger partial charge on any atom is 0.352 e. The molecule has 7 nitrogen and oxygen atoms in total. The third-order valence-corrected chi connectivity index (χ3v) is 2.82. The number of nitro benzene ring substituents is 1. The van der Waals surface area contributed by atoms with E-state index in [4.69, 9.17) is 9.47 Å². The van der Waals surface area contributed by atoms with E-state index in [9.17, 15) is 15.2 Å². The molecule has 0 atom stereocenters. The van der Waals surface area contributed by atoms with Gasteiger partial charge in [0, 0.05) is 30.9 Å². The lowest BCUT2D eigenvalue weighted by molar-refractivity contribution is -0.386. The molecular weight excluding hydrogens is 240 g/mol. The van der Waals surface area contributed by atoms with E-state index in [1.807, 2.05) is 4.90 Å². The number of methoxy groups -OCH3 is 1. The zero-order chi connectivity index (χ0) is 13.1. The Hall–Kier alpha value is -2.02. The van der Waals surface area contributed by atoms with Gasteiger partial charge in [-0.2, -0.15) is 0 Å². The first-order valence-electron chi connectivity index (χ1n) is 5.51. The van der Waals surface area contributed by atoms with Crippen LogP contribution in [0.2, 0.25) is 0 Å². The average Bonchev–Trinajstić information content (AvgIpc) is 2.38. The fraction of sp³-hybridized carbons (Fsp3) is 0.455. The van der Waals surface area contributed by atoms with Gasteiger partial charge in [-0.15, -0.1) is 0 Å². The first kappa shape index (κ1) is 12.4. The summed E-state index contributed by atoms with van der Waals surface area (Å²) in [5.74, 6) is -0.331. The van der Waals surface area contributed by atoms with Crippen molar-refractivity contribution in [3.8, 4) is 11.5 Å². The van der Waals surface area contributed by atoms with E-state index in [1.54, 1.807) is 6.07 Å². The molecule has 2 rings (SSSR count). The Morgan fingerprint density at radius 3 is 2.67 bits per heavy atom. The van der Waals surface area contributed by atoms with Crippen molar-refractivity contribution in [2.45, 2.75) is 0 Å². The van der Waals surface area contributed by atoms with E-state index in [1.165, 1.54) is 13.2 Å². The third-order valence-electron chi connectivity index (χ3n) is 2.82. The van der Waals surface area contributed by atoms with Gasteiger partial charge in [-0.1, -0.05) is 0 Å². The molecule has 1 aromatic rings. The molecule has 1 saturated heterocycles. The van der Waals surface area contributed by atoms with Crippen molar-refractivity contribution in [3.63, 3.8) is 0 Å². The molecule has 1 aliphatic rings. The van der Waals surface area contributed by atoms with Crippen LogP contribution in [0.4, 0.5) is 11.4 Å². The van der Waals surface area contributed by atoms with Gasteiger partial charge in [0.15, 0.2) is 5.75 Å². The SMILES string of the molecule is COc1cc(N2CCOCC2)cc(O)c1[N+](=O)[O-]. The van der Waals surface area contributed by atoms with Crippen molar-refractivity contribution in [1.82, 2.24) is 0 Å². The largest absolute Gasteiger partial charge is 0.502 e. The molecule has 1 aliphatic heterocycles. The predicted octanol–water partition coefficient (Wildman–Crippen LogP) is 1.15. The summed E-state index contributed by atoms with van der Waals surface area (Å²) >= 11 is 0. The van der Waals surface area contributed by atoms with Crippen molar-refractivity contribution < 1.29 is 19.5 Å². The normalized spacial score (nSPS) is 15.5. The van der Waals surface area contributed by atoms with E-state index in [0.29, 0.717) is 32.0 Å². The van der Waals surface area contributed by atoms with Gasteiger partial charge in [0.05, 0.1) is 25.2 Å². The first-order chi connectivity index (χ1) is 8.63. The lowest BCUT2D eigenvalue weighted by atomic mass is 10.2. The lowest BCUT2D eigenvalue weighted by Gasteiger charge is -2.29. The number of aromatic hydroxyl groups is 1. The molecule has 0 unspecified atom stereocenters. The molecule has 1 heterocycles. The second-order valence-electron chi connectivity index (χ2n) is 3.87. The van der Waals surface area contributed by atoms with E-state index >= 15 is 0 Å². The summed E-state index contributed by atoms with van der Waals surface area (Å²) < 4.78 is 10.2. The number of nitro groups is 1. The van der Waals surface area contributed by atoms with Gasteiger partial charge in [0.25, 0.3) is 0 Å². The summed E-state index contributed by atoms with van der Waals surface area (Å²) in [5.41, 5.74) is 0.285. The van der Waals surface area contributed by atoms with Crippen molar-refractivity contribution in [3.05, 3.63) is 22.2 Å². The van der Waals surface area contributed by atoms with Gasteiger partial charge in [0.2, 0.25) is 5.75 Å². The monoisotopic (exact) mass is 254 g/mol. The molecule has 0 bridgehead atoms. The van der Waals surface area contributed by atoms with Crippen LogP contribution in [0, 0.1) is 10.1 Å². The van der Waals surface area contributed by atoms with Crippen LogP contribution in [0.1, 0.15) is 0 Å². The Bertz CT molecular complexity index is 457. The molecule has 0 aromatic heterocycles. The number of morpholine rings is 1. The third kappa shape index (κ3) is 2.30. The van der Waals surface area contributed by atoms with Gasteiger partial charge >= 0.3 is 5.69 Å². The molecule has 0 aliphatic carbocycles. The topological polar surface area (TPSA) is 85.1 Å². The minimum atomic E-state index is -0.655. The summed E-state index contributed by atoms with van der Waals surface area (Å²) in [5, 5.41) is 20.5. The molecule has 0 spiro atoms. The van der Waals surface area contributed by atoms with Gasteiger partial charge < -0.3 is 19.5 Å². The molecule has 7 heteroatoms. The van der Waals surface area contributed by atoms with Gasteiger partial charge in [-0.05, 0) is 0 Å². The highest BCUT2D eigenvalue weighted by molar-refractivity contribution is 5.66. The van der Waals surface area contributed by atoms with Crippen molar-refractivity contribution in [2.24, 2.45) is 0 Å². The molecule has 98 valence electrons. The van der Waals surface area contributed by atoms with Crippen molar-refractivity contribution in [2.75, 3.05) is 38.3 Å². The highest BCUT2D eigenvalue weighted by Gasteiger charge is 2.24. The van der Waals surface area contributed by atoms with E-state index in [2.05, 4.69) is 0 Å². The van der Waals surface area contributed by atoms with Crippen LogP contribution in [-0.2, 0) is 4.74 Å². The Labute approximate surface area is 104 Å². The minimum absolute atomic E-state index is 0.0569. The van der Waals surface area contributed by atoms with Crippen LogP contribution >= 0.6 is 0 Å². The quantitative estimate of drug-likeness (QED) is 0.643. The summed E-state index contributed by atoms with van der Waals surface area (Å²) in [6.45, 7) is 2.56. The number of nitrogens with zero attached hydrogens (tertiary/aromatic N) is 2. The fourth-order valence-electron chi connectivity index (χ4n) is 1.92. The average molecular weight is 254 g/mol. The van der Waals surface area contributed by atoms with Gasteiger partial charge in [-0.3, -0.25) is 10.1 Å². The minimum Gasteiger partial charge on any atom is -0.502 e. The standard InChI is InChI=1S/C11H14N2O5/c1-17-10-7-8(12-2-4-18-5-3-12)6-9(14)11(10)13(15)16/h6-7,14H,2-5H2,1H3. The number of hydrogen-bond donors (Lipinski definition) is 1. The molecule has 0 amide bonds. The first-order valence-corrected chi connectivity index (χ1v) is 5.51. The number of rotatable bonds is 3. The molecule has 0 saturated carbocycles. The van der Waals surface area contributed by atoms with Crippen LogP contribution in [-0.4, -0.2) is 43.4 Å². The van der Waals surface area contributed by atoms with Crippen LogP contribution in [0.3, 0.4) is 0 Å². The summed E-state index contributed by atoms with van der Waals surface area (Å²) in [7, 11) is 1.34. The smallest absolute Gasteiger partial charge is 0.352 e. The number of benzene rings is 1. The molecule has 0 radical (unpaired) electrons. The Morgan fingerprint density at radius 1 is 1.44 bits per heavy atom. The van der Waals surface area contributed by atoms with Crippen LogP contribution < -0.4 is 9.64 Å². The summed E-state index contributed by atoms with van der Waals surface area (Å²) in [6, 6.07) is 2.94. The molecular formula is C11H14N2O5. The van der Waals surface area contributed by atoms with E-state index in [0.717, 1.165) is 0 Å². The number of ether oxygens (including phenoxy) is 2. The van der Waals surface area contributed by atoms with Crippen LogP contribution in [0.5, 0.6) is 11.5 Å². The Kier molecular flexibility index (Phi) is 3.52. The number of anilines is 1. The zero-order valence-corrected chi connectivity index (χ0v) is 9.96. The fourth-order valence-corrected chi connectivity index (χ4v) is 1.92. The lowest BCUT2D eigenvalue weighted by Crippen LogP contribution is -2.36. The summed E-state index contributed by atoms with van der Waals surface area (Å²) in [6.07, 6.45) is 0. The van der Waals surface area contributed by atoms with Gasteiger partial charge in [-0.25, -0.2) is 0 Å². The highest BCUT2D eigenvalue weighted by Crippen LogP contribution is 2.40. The second-order valence-corrected chi connectivity index (χ2v) is 3.87. The summed E-state index contributed by atoms with van der Waals surface area (Å²) in [4.78, 5) is 12.1. The predicted molar refractivity (Wildman–Crippen MR) is 64.3 cm³/mol. The van der Waals surface area contributed by atoms with Crippen molar-refractivity contribution in [1.29, 1.82) is 0 Å². The van der Waals surface area contributed by atoms with Crippen LogP contribution in [0.15, 0.2) is 12.1 Å². The number of hydrogen-bond acceptors (Lipinski definition) is 6. The van der Waals surface area contributed by atoms with Gasteiger partial charge in [0.1, 0.15) is 0 Å². The highest BCUT2D eigenvalue weighted by atomic mass is 16.6. The molecule has 1 aromatic carbocycles. The Morgan fingerprint density at radius 2 is 2.11 bits per heavy atom. The molecule has 1 fully saturated rings. The molecule has 1 N–H and O–H groups in total.